The molecule has 0 aromatic heterocycles. The van der Waals surface area contributed by atoms with Crippen LogP contribution in [0.4, 0.5) is 0 Å². The van der Waals surface area contributed by atoms with E-state index in [0.717, 1.165) is 11.3 Å². The molecular weight excluding hydrogens is 274 g/mol. The maximum atomic E-state index is 12.4. The maximum absolute atomic E-state index is 12.4. The zero-order valence-electron chi connectivity index (χ0n) is 13.2. The van der Waals surface area contributed by atoms with E-state index < -0.39 is 0 Å². The minimum absolute atomic E-state index is 0.107. The van der Waals surface area contributed by atoms with Crippen LogP contribution in [0.25, 0.3) is 0 Å². The molecule has 1 saturated heterocycles. The lowest BCUT2D eigenvalue weighted by molar-refractivity contribution is -0.127. The average molecular weight is 295 g/mol. The fraction of sp³-hybridized carbons (Fsp3) is 0.316. The third-order valence-electron chi connectivity index (χ3n) is 5.01. The third-order valence-corrected chi connectivity index (χ3v) is 5.01. The van der Waals surface area contributed by atoms with E-state index in [1.807, 2.05) is 42.3 Å². The summed E-state index contributed by atoms with van der Waals surface area (Å²) in [5.41, 5.74) is 2.04. The van der Waals surface area contributed by atoms with Crippen LogP contribution in [0.1, 0.15) is 24.5 Å². The number of likely N-dealkylation sites (tertiary alicyclic amines) is 1. The molecule has 0 spiro atoms. The summed E-state index contributed by atoms with van der Waals surface area (Å²) in [5.74, 6) is 1.02. The first kappa shape index (κ1) is 14.6. The Morgan fingerprint density at radius 3 is 2.14 bits per heavy atom. The molecule has 1 aliphatic heterocycles. The van der Waals surface area contributed by atoms with Gasteiger partial charge in [0.25, 0.3) is 0 Å². The molecule has 1 amide bonds. The SMILES string of the molecule is COc1ccc(C2(c3ccccc3)CC(=O)N(C)C2C)cc1. The van der Waals surface area contributed by atoms with Crippen molar-refractivity contribution in [2.75, 3.05) is 14.2 Å². The fourth-order valence-electron chi connectivity index (χ4n) is 3.53. The molecule has 0 bridgehead atoms. The number of carbonyl (C=O) groups is 1. The van der Waals surface area contributed by atoms with Crippen molar-refractivity contribution in [3.05, 3.63) is 65.7 Å². The second-order valence-electron chi connectivity index (χ2n) is 5.92. The topological polar surface area (TPSA) is 29.5 Å². The predicted molar refractivity (Wildman–Crippen MR) is 87.1 cm³/mol. The summed E-state index contributed by atoms with van der Waals surface area (Å²) < 4.78 is 5.26. The maximum Gasteiger partial charge on any atom is 0.223 e. The van der Waals surface area contributed by atoms with Crippen LogP contribution >= 0.6 is 0 Å². The van der Waals surface area contributed by atoms with Gasteiger partial charge in [-0.2, -0.15) is 0 Å². The van der Waals surface area contributed by atoms with Crippen LogP contribution in [-0.4, -0.2) is 31.0 Å². The summed E-state index contributed by atoms with van der Waals surface area (Å²) in [6.07, 6.45) is 0.501. The van der Waals surface area contributed by atoms with Crippen molar-refractivity contribution in [3.63, 3.8) is 0 Å². The molecule has 0 N–H and O–H groups in total. The van der Waals surface area contributed by atoms with Crippen LogP contribution in [0.15, 0.2) is 54.6 Å². The van der Waals surface area contributed by atoms with E-state index in [9.17, 15) is 4.79 Å². The van der Waals surface area contributed by atoms with Crippen molar-refractivity contribution in [3.8, 4) is 5.75 Å². The van der Waals surface area contributed by atoms with E-state index in [-0.39, 0.29) is 17.4 Å². The zero-order valence-corrected chi connectivity index (χ0v) is 13.2. The van der Waals surface area contributed by atoms with Crippen molar-refractivity contribution in [2.45, 2.75) is 24.8 Å². The Morgan fingerprint density at radius 1 is 1.05 bits per heavy atom. The highest BCUT2D eigenvalue weighted by atomic mass is 16.5. The lowest BCUT2D eigenvalue weighted by Gasteiger charge is -2.35. The summed E-state index contributed by atoms with van der Waals surface area (Å²) in [6.45, 7) is 2.13. The number of hydrogen-bond acceptors (Lipinski definition) is 2. The van der Waals surface area contributed by atoms with E-state index in [1.165, 1.54) is 5.56 Å². The highest BCUT2D eigenvalue weighted by Crippen LogP contribution is 2.45. The Labute approximate surface area is 131 Å². The summed E-state index contributed by atoms with van der Waals surface area (Å²) in [5, 5.41) is 0. The van der Waals surface area contributed by atoms with E-state index >= 15 is 0 Å². The largest absolute Gasteiger partial charge is 0.497 e. The second-order valence-corrected chi connectivity index (χ2v) is 5.92. The van der Waals surface area contributed by atoms with Crippen LogP contribution in [-0.2, 0) is 10.2 Å². The van der Waals surface area contributed by atoms with Crippen LogP contribution in [0.5, 0.6) is 5.75 Å². The van der Waals surface area contributed by atoms with Gasteiger partial charge in [-0.1, -0.05) is 42.5 Å². The average Bonchev–Trinajstić information content (AvgIpc) is 2.81. The minimum Gasteiger partial charge on any atom is -0.497 e. The minimum atomic E-state index is -0.306. The van der Waals surface area contributed by atoms with Gasteiger partial charge in [0.15, 0.2) is 0 Å². The van der Waals surface area contributed by atoms with Crippen molar-refractivity contribution in [2.24, 2.45) is 0 Å². The lowest BCUT2D eigenvalue weighted by Crippen LogP contribution is -2.40. The standard InChI is InChI=1S/C19H21NO2/c1-14-19(13-18(21)20(14)2,15-7-5-4-6-8-15)16-9-11-17(22-3)12-10-16/h4-12,14H,13H2,1-3H3. The quantitative estimate of drug-likeness (QED) is 0.870. The summed E-state index contributed by atoms with van der Waals surface area (Å²) in [6, 6.07) is 18.5. The van der Waals surface area contributed by atoms with Gasteiger partial charge in [-0.3, -0.25) is 4.79 Å². The van der Waals surface area contributed by atoms with E-state index in [4.69, 9.17) is 4.74 Å². The van der Waals surface area contributed by atoms with Gasteiger partial charge in [-0.05, 0) is 30.2 Å². The zero-order chi connectivity index (χ0) is 15.7. The van der Waals surface area contributed by atoms with Crippen LogP contribution in [0.2, 0.25) is 0 Å². The molecule has 1 fully saturated rings. The van der Waals surface area contributed by atoms with Crippen molar-refractivity contribution >= 4 is 5.91 Å². The Hall–Kier alpha value is -2.29. The number of rotatable bonds is 3. The van der Waals surface area contributed by atoms with Crippen LogP contribution in [0, 0.1) is 0 Å². The summed E-state index contributed by atoms with van der Waals surface area (Å²) >= 11 is 0. The van der Waals surface area contributed by atoms with Gasteiger partial charge in [0.2, 0.25) is 5.91 Å². The number of benzene rings is 2. The lowest BCUT2D eigenvalue weighted by atomic mass is 9.69. The van der Waals surface area contributed by atoms with Crippen molar-refractivity contribution < 1.29 is 9.53 Å². The molecule has 3 rings (SSSR count). The van der Waals surface area contributed by atoms with Gasteiger partial charge in [-0.15, -0.1) is 0 Å². The molecule has 1 aliphatic rings. The first-order valence-electron chi connectivity index (χ1n) is 7.55. The van der Waals surface area contributed by atoms with Gasteiger partial charge in [0.05, 0.1) is 7.11 Å². The molecule has 0 aliphatic carbocycles. The number of likely N-dealkylation sites (N-methyl/N-ethyl adjacent to an activating group) is 1. The second kappa shape index (κ2) is 5.48. The molecular formula is C19H21NO2. The fourth-order valence-corrected chi connectivity index (χ4v) is 3.53. The van der Waals surface area contributed by atoms with Gasteiger partial charge >= 0.3 is 0 Å². The first-order chi connectivity index (χ1) is 10.6. The third kappa shape index (κ3) is 2.08. The summed E-state index contributed by atoms with van der Waals surface area (Å²) in [4.78, 5) is 14.2. The first-order valence-corrected chi connectivity index (χ1v) is 7.55. The number of amides is 1. The van der Waals surface area contributed by atoms with E-state index in [2.05, 4.69) is 31.2 Å². The van der Waals surface area contributed by atoms with Crippen LogP contribution < -0.4 is 4.74 Å². The number of nitrogens with zero attached hydrogens (tertiary/aromatic N) is 1. The Kier molecular flexibility index (Phi) is 3.65. The summed E-state index contributed by atoms with van der Waals surface area (Å²) in [7, 11) is 3.55. The molecule has 3 nitrogen and oxygen atoms in total. The van der Waals surface area contributed by atoms with Gasteiger partial charge < -0.3 is 9.64 Å². The molecule has 0 radical (unpaired) electrons. The molecule has 1 heterocycles. The molecule has 2 atom stereocenters. The van der Waals surface area contributed by atoms with Gasteiger partial charge in [-0.25, -0.2) is 0 Å². The van der Waals surface area contributed by atoms with E-state index in [1.54, 1.807) is 7.11 Å². The Bertz CT molecular complexity index is 666. The normalized spacial score (nSPS) is 24.6. The molecule has 114 valence electrons. The van der Waals surface area contributed by atoms with Gasteiger partial charge in [0.1, 0.15) is 5.75 Å². The van der Waals surface area contributed by atoms with Crippen LogP contribution in [0.3, 0.4) is 0 Å². The Morgan fingerprint density at radius 2 is 1.64 bits per heavy atom. The smallest absolute Gasteiger partial charge is 0.223 e. The van der Waals surface area contributed by atoms with E-state index in [0.29, 0.717) is 6.42 Å². The predicted octanol–water partition coefficient (Wildman–Crippen LogP) is 3.23. The molecule has 3 heteroatoms. The number of carbonyl (C=O) groups excluding carboxylic acids is 1. The molecule has 2 unspecified atom stereocenters. The molecule has 2 aromatic rings. The Balaban J connectivity index is 2.17. The van der Waals surface area contributed by atoms with Crippen molar-refractivity contribution in [1.82, 2.24) is 4.90 Å². The monoisotopic (exact) mass is 295 g/mol. The molecule has 22 heavy (non-hydrogen) atoms. The number of methoxy groups -OCH3 is 1. The molecule has 0 saturated carbocycles. The number of ether oxygens (including phenoxy) is 1. The highest BCUT2D eigenvalue weighted by molar-refractivity contribution is 5.83. The molecule has 2 aromatic carbocycles. The number of hydrogen-bond donors (Lipinski definition) is 0. The van der Waals surface area contributed by atoms with Gasteiger partial charge in [0, 0.05) is 24.9 Å². The van der Waals surface area contributed by atoms with Crippen molar-refractivity contribution in [1.29, 1.82) is 0 Å². The highest BCUT2D eigenvalue weighted by Gasteiger charge is 2.50.